The van der Waals surface area contributed by atoms with E-state index in [1.807, 2.05) is 36.4 Å². The van der Waals surface area contributed by atoms with Gasteiger partial charge in [0.15, 0.2) is 11.0 Å². The number of benzene rings is 2. The lowest BCUT2D eigenvalue weighted by molar-refractivity contribution is -0.119. The number of hydrogen-bond donors (Lipinski definition) is 1. The molecule has 166 valence electrons. The van der Waals surface area contributed by atoms with Gasteiger partial charge in [-0.15, -0.1) is 10.2 Å². The van der Waals surface area contributed by atoms with Gasteiger partial charge in [0, 0.05) is 18.0 Å². The van der Waals surface area contributed by atoms with Crippen molar-refractivity contribution in [1.29, 1.82) is 0 Å². The molecular formula is C26H25N5OS. The molecule has 1 amide bonds. The zero-order chi connectivity index (χ0) is 22.5. The number of carbonyl (C=O) groups is 1. The highest BCUT2D eigenvalue weighted by Crippen LogP contribution is 2.30. The van der Waals surface area contributed by atoms with E-state index in [0.717, 1.165) is 41.4 Å². The summed E-state index contributed by atoms with van der Waals surface area (Å²) in [6.45, 7) is 0.623. The fraction of sp³-hybridized carbons (Fsp3) is 0.231. The summed E-state index contributed by atoms with van der Waals surface area (Å²) in [7, 11) is 0. The van der Waals surface area contributed by atoms with Gasteiger partial charge in [-0.2, -0.15) is 0 Å². The Morgan fingerprint density at radius 1 is 1.03 bits per heavy atom. The van der Waals surface area contributed by atoms with Crippen molar-refractivity contribution in [2.75, 3.05) is 5.75 Å². The van der Waals surface area contributed by atoms with Crippen LogP contribution in [0.15, 0.2) is 84.3 Å². The minimum atomic E-state index is 0.0129. The highest BCUT2D eigenvalue weighted by atomic mass is 32.2. The number of hydrogen-bond acceptors (Lipinski definition) is 5. The van der Waals surface area contributed by atoms with Crippen LogP contribution in [0, 0.1) is 0 Å². The lowest BCUT2D eigenvalue weighted by Gasteiger charge is -2.26. The number of fused-ring (bicyclic) bond motifs is 1. The molecule has 0 radical (unpaired) electrons. The average Bonchev–Trinajstić information content (AvgIpc) is 3.26. The molecule has 4 aromatic rings. The molecule has 7 heteroatoms. The first-order valence-electron chi connectivity index (χ1n) is 11.2. The summed E-state index contributed by atoms with van der Waals surface area (Å²) in [6.07, 6.45) is 6.67. The Kier molecular flexibility index (Phi) is 6.48. The lowest BCUT2D eigenvalue weighted by atomic mass is 9.88. The largest absolute Gasteiger partial charge is 0.349 e. The maximum Gasteiger partial charge on any atom is 0.230 e. The smallest absolute Gasteiger partial charge is 0.230 e. The predicted octanol–water partition coefficient (Wildman–Crippen LogP) is 4.67. The van der Waals surface area contributed by atoms with Crippen LogP contribution in [-0.2, 0) is 17.8 Å². The number of nitrogens with one attached hydrogen (secondary N) is 1. The van der Waals surface area contributed by atoms with Gasteiger partial charge in [0.25, 0.3) is 0 Å². The molecule has 0 bridgehead atoms. The number of aromatic nitrogens is 4. The van der Waals surface area contributed by atoms with Crippen molar-refractivity contribution >= 4 is 17.7 Å². The van der Waals surface area contributed by atoms with Gasteiger partial charge in [-0.25, -0.2) is 0 Å². The Labute approximate surface area is 197 Å². The molecule has 2 aromatic heterocycles. The van der Waals surface area contributed by atoms with Crippen molar-refractivity contribution in [3.8, 4) is 11.4 Å². The zero-order valence-corrected chi connectivity index (χ0v) is 19.0. The fourth-order valence-corrected chi connectivity index (χ4v) is 5.03. The molecule has 2 aromatic carbocycles. The molecule has 0 aliphatic heterocycles. The van der Waals surface area contributed by atoms with Crippen LogP contribution in [0.2, 0.25) is 0 Å². The molecule has 33 heavy (non-hydrogen) atoms. The fourth-order valence-electron chi connectivity index (χ4n) is 4.28. The predicted molar refractivity (Wildman–Crippen MR) is 130 cm³/mol. The van der Waals surface area contributed by atoms with E-state index in [4.69, 9.17) is 0 Å². The van der Waals surface area contributed by atoms with Crippen LogP contribution in [0.4, 0.5) is 0 Å². The number of amides is 1. The average molecular weight is 456 g/mol. The van der Waals surface area contributed by atoms with Crippen molar-refractivity contribution in [2.45, 2.75) is 37.0 Å². The third-order valence-electron chi connectivity index (χ3n) is 5.86. The topological polar surface area (TPSA) is 72.7 Å². The van der Waals surface area contributed by atoms with Crippen LogP contribution in [0.3, 0.4) is 0 Å². The van der Waals surface area contributed by atoms with Crippen molar-refractivity contribution in [3.63, 3.8) is 0 Å². The molecule has 0 unspecified atom stereocenters. The first-order valence-corrected chi connectivity index (χ1v) is 12.1. The van der Waals surface area contributed by atoms with Crippen molar-refractivity contribution in [3.05, 3.63) is 95.8 Å². The third kappa shape index (κ3) is 4.98. The Bertz CT molecular complexity index is 1230. The number of carbonyl (C=O) groups excluding carboxylic acids is 1. The van der Waals surface area contributed by atoms with E-state index in [1.165, 1.54) is 22.9 Å². The Balaban J connectivity index is 1.32. The van der Waals surface area contributed by atoms with E-state index in [9.17, 15) is 4.79 Å². The van der Waals surface area contributed by atoms with Gasteiger partial charge in [-0.05, 0) is 48.1 Å². The molecule has 1 aliphatic rings. The maximum absolute atomic E-state index is 12.8. The van der Waals surface area contributed by atoms with Crippen LogP contribution in [0.5, 0.6) is 0 Å². The highest BCUT2D eigenvalue weighted by Gasteiger charge is 2.22. The molecular weight excluding hydrogens is 430 g/mol. The van der Waals surface area contributed by atoms with Crippen molar-refractivity contribution < 1.29 is 4.79 Å². The Hall–Kier alpha value is -3.45. The normalized spacial score (nSPS) is 15.1. The molecule has 0 saturated carbocycles. The van der Waals surface area contributed by atoms with Crippen LogP contribution in [0.25, 0.3) is 11.4 Å². The van der Waals surface area contributed by atoms with Gasteiger partial charge < -0.3 is 5.32 Å². The molecule has 5 rings (SSSR count). The zero-order valence-electron chi connectivity index (χ0n) is 18.2. The summed E-state index contributed by atoms with van der Waals surface area (Å²) >= 11 is 1.42. The van der Waals surface area contributed by atoms with Crippen LogP contribution in [-0.4, -0.2) is 31.4 Å². The summed E-state index contributed by atoms with van der Waals surface area (Å²) in [5, 5.41) is 12.8. The van der Waals surface area contributed by atoms with Crippen LogP contribution >= 0.6 is 11.8 Å². The molecule has 1 atom stereocenters. The maximum atomic E-state index is 12.8. The van der Waals surface area contributed by atoms with Gasteiger partial charge in [-0.1, -0.05) is 66.4 Å². The summed E-state index contributed by atoms with van der Waals surface area (Å²) in [4.78, 5) is 17.1. The molecule has 0 fully saturated rings. The quantitative estimate of drug-likeness (QED) is 0.410. The molecule has 2 heterocycles. The summed E-state index contributed by atoms with van der Waals surface area (Å²) in [6, 6.07) is 22.5. The van der Waals surface area contributed by atoms with Gasteiger partial charge in [0.05, 0.1) is 18.3 Å². The monoisotopic (exact) mass is 455 g/mol. The van der Waals surface area contributed by atoms with E-state index in [0.29, 0.717) is 12.3 Å². The summed E-state index contributed by atoms with van der Waals surface area (Å²) in [5.41, 5.74) is 4.63. The number of nitrogens with zero attached hydrogens (tertiary/aromatic N) is 4. The minimum Gasteiger partial charge on any atom is -0.349 e. The summed E-state index contributed by atoms with van der Waals surface area (Å²) < 4.78 is 2.06. The van der Waals surface area contributed by atoms with E-state index in [1.54, 1.807) is 12.4 Å². The summed E-state index contributed by atoms with van der Waals surface area (Å²) in [5.74, 6) is 1.05. The Morgan fingerprint density at radius 2 is 1.88 bits per heavy atom. The third-order valence-corrected chi connectivity index (χ3v) is 6.82. The second-order valence-electron chi connectivity index (χ2n) is 8.12. The first kappa shape index (κ1) is 21.4. The van der Waals surface area contributed by atoms with Gasteiger partial charge in [-0.3, -0.25) is 14.3 Å². The van der Waals surface area contributed by atoms with Crippen molar-refractivity contribution in [1.82, 2.24) is 25.1 Å². The molecule has 1 aliphatic carbocycles. The van der Waals surface area contributed by atoms with E-state index in [-0.39, 0.29) is 11.9 Å². The number of rotatable bonds is 7. The standard InChI is InChI=1S/C26H25N5OS/c32-24(28-23-14-6-11-20-10-4-5-13-22(20)23)18-33-26-30-29-25(21-12-7-15-27-16-21)31(26)17-19-8-2-1-3-9-19/h1-5,7-10,12-13,15-16,23H,6,11,14,17-18H2,(H,28,32)/t23-/m0/s1. The van der Waals surface area contributed by atoms with Gasteiger partial charge >= 0.3 is 0 Å². The van der Waals surface area contributed by atoms with E-state index >= 15 is 0 Å². The molecule has 6 nitrogen and oxygen atoms in total. The van der Waals surface area contributed by atoms with E-state index < -0.39 is 0 Å². The van der Waals surface area contributed by atoms with Crippen LogP contribution in [0.1, 0.15) is 35.6 Å². The number of thioether (sulfide) groups is 1. The van der Waals surface area contributed by atoms with Crippen molar-refractivity contribution in [2.24, 2.45) is 0 Å². The van der Waals surface area contributed by atoms with E-state index in [2.05, 4.69) is 55.4 Å². The highest BCUT2D eigenvalue weighted by molar-refractivity contribution is 7.99. The second-order valence-corrected chi connectivity index (χ2v) is 9.06. The molecule has 1 N–H and O–H groups in total. The SMILES string of the molecule is O=C(CSc1nnc(-c2cccnc2)n1Cc1ccccc1)N[C@H]1CCCc2ccccc21. The molecule has 0 saturated heterocycles. The number of aryl methyl sites for hydroxylation is 1. The Morgan fingerprint density at radius 3 is 2.73 bits per heavy atom. The lowest BCUT2D eigenvalue weighted by Crippen LogP contribution is -2.32. The van der Waals surface area contributed by atoms with Crippen LogP contribution < -0.4 is 5.32 Å². The number of pyridine rings is 1. The minimum absolute atomic E-state index is 0.0129. The second kappa shape index (κ2) is 10.0. The van der Waals surface area contributed by atoms with Gasteiger partial charge in [0.1, 0.15) is 0 Å². The van der Waals surface area contributed by atoms with Gasteiger partial charge in [0.2, 0.25) is 5.91 Å². The molecule has 0 spiro atoms. The first-order chi connectivity index (χ1) is 16.3.